The molecule has 0 aliphatic carbocycles. The molecular weight excluding hydrogens is 118 g/mol. The molecule has 3 nitrogen and oxygen atoms in total. The quantitative estimate of drug-likeness (QED) is 0.468. The van der Waals surface area contributed by atoms with E-state index < -0.39 is 7.32 Å². The summed E-state index contributed by atoms with van der Waals surface area (Å²) in [5.41, 5.74) is 0. The summed E-state index contributed by atoms with van der Waals surface area (Å²) in [6.45, 7) is 0. The van der Waals surface area contributed by atoms with Gasteiger partial charge in [0.1, 0.15) is 0 Å². The Morgan fingerprint density at radius 1 is 0.875 bits per heavy atom. The van der Waals surface area contributed by atoms with Crippen molar-refractivity contribution in [2.24, 2.45) is 0 Å². The van der Waals surface area contributed by atoms with Crippen molar-refractivity contribution in [1.29, 1.82) is 0 Å². The van der Waals surface area contributed by atoms with Crippen LogP contribution in [-0.2, 0) is 14.0 Å². The molecule has 0 spiro atoms. The van der Waals surface area contributed by atoms with Crippen LogP contribution >= 0.6 is 0 Å². The fourth-order valence-electron chi connectivity index (χ4n) is 0.289. The summed E-state index contributed by atoms with van der Waals surface area (Å²) in [6, 6.07) is 0. The summed E-state index contributed by atoms with van der Waals surface area (Å²) >= 11 is 0. The molecule has 0 aliphatic heterocycles. The molecule has 0 aliphatic rings. The zero-order valence-electron chi connectivity index (χ0n) is 4.80. The second-order valence-electron chi connectivity index (χ2n) is 0.996. The van der Waals surface area contributed by atoms with Crippen LogP contribution in [0.4, 0.5) is 0 Å². The molecule has 0 fully saturated rings. The van der Waals surface area contributed by atoms with Gasteiger partial charge in [0.25, 0.3) is 0 Å². The van der Waals surface area contributed by atoms with E-state index in [-0.39, 0.29) is 29.6 Å². The second kappa shape index (κ2) is 7.94. The molecular formula is C3H10BNaO3. The van der Waals surface area contributed by atoms with Crippen molar-refractivity contribution in [2.45, 2.75) is 0 Å². The second-order valence-corrected chi connectivity index (χ2v) is 0.996. The number of hydrogen-bond donors (Lipinski definition) is 0. The molecule has 0 aromatic heterocycles. The summed E-state index contributed by atoms with van der Waals surface area (Å²) in [6.07, 6.45) is 0. The normalized spacial score (nSPS) is 7.88. The van der Waals surface area contributed by atoms with Gasteiger partial charge in [-0.1, -0.05) is 0 Å². The van der Waals surface area contributed by atoms with Crippen LogP contribution in [0.15, 0.2) is 0 Å². The first-order valence-corrected chi connectivity index (χ1v) is 1.93. The number of rotatable bonds is 3. The van der Waals surface area contributed by atoms with E-state index >= 15 is 0 Å². The van der Waals surface area contributed by atoms with Gasteiger partial charge in [0.05, 0.1) is 0 Å². The van der Waals surface area contributed by atoms with Gasteiger partial charge in [-0.05, 0) is 0 Å². The minimum absolute atomic E-state index is 0. The van der Waals surface area contributed by atoms with Gasteiger partial charge in [-0.15, -0.1) is 0 Å². The van der Waals surface area contributed by atoms with Crippen LogP contribution in [0.5, 0.6) is 0 Å². The van der Waals surface area contributed by atoms with Crippen LogP contribution in [0, 0.1) is 0 Å². The average Bonchev–Trinajstić information content (AvgIpc) is 1.72. The van der Waals surface area contributed by atoms with Gasteiger partial charge in [0.15, 0.2) is 0 Å². The molecule has 0 radical (unpaired) electrons. The van der Waals surface area contributed by atoms with Gasteiger partial charge >= 0.3 is 36.9 Å². The van der Waals surface area contributed by atoms with Crippen LogP contribution in [0.25, 0.3) is 0 Å². The SMILES string of the molecule is COB(OC)OC.[NaH]. The molecule has 0 heterocycles. The van der Waals surface area contributed by atoms with E-state index in [4.69, 9.17) is 0 Å². The maximum absolute atomic E-state index is 4.60. The van der Waals surface area contributed by atoms with E-state index in [0.717, 1.165) is 0 Å². The summed E-state index contributed by atoms with van der Waals surface area (Å²) < 4.78 is 13.8. The van der Waals surface area contributed by atoms with Gasteiger partial charge in [-0.3, -0.25) is 0 Å². The molecule has 0 bridgehead atoms. The van der Waals surface area contributed by atoms with Crippen molar-refractivity contribution < 1.29 is 14.0 Å². The van der Waals surface area contributed by atoms with Crippen LogP contribution in [-0.4, -0.2) is 58.2 Å². The van der Waals surface area contributed by atoms with Gasteiger partial charge in [-0.25, -0.2) is 0 Å². The topological polar surface area (TPSA) is 27.7 Å². The zero-order chi connectivity index (χ0) is 5.70. The Labute approximate surface area is 72.2 Å². The molecule has 8 heavy (non-hydrogen) atoms. The van der Waals surface area contributed by atoms with Crippen LogP contribution in [0.2, 0.25) is 0 Å². The summed E-state index contributed by atoms with van der Waals surface area (Å²) in [5, 5.41) is 0. The standard InChI is InChI=1S/C3H9BO3.Na.H/c1-5-4(6-2)7-3;;/h1-3H3;;. The summed E-state index contributed by atoms with van der Waals surface area (Å²) in [4.78, 5) is 0. The molecule has 0 amide bonds. The third kappa shape index (κ3) is 5.09. The maximum atomic E-state index is 4.60. The van der Waals surface area contributed by atoms with Crippen LogP contribution in [0.1, 0.15) is 0 Å². The van der Waals surface area contributed by atoms with Gasteiger partial charge in [0, 0.05) is 21.3 Å². The summed E-state index contributed by atoms with van der Waals surface area (Å²) in [7, 11) is 4.02. The number of hydrogen-bond acceptors (Lipinski definition) is 3. The van der Waals surface area contributed by atoms with Crippen LogP contribution < -0.4 is 0 Å². The Hall–Kier alpha value is 0.945. The fraction of sp³-hybridized carbons (Fsp3) is 1.00. The van der Waals surface area contributed by atoms with Crippen molar-refractivity contribution in [3.63, 3.8) is 0 Å². The van der Waals surface area contributed by atoms with Crippen molar-refractivity contribution >= 4 is 36.9 Å². The molecule has 44 valence electrons. The predicted molar refractivity (Wildman–Crippen MR) is 33.9 cm³/mol. The van der Waals surface area contributed by atoms with Gasteiger partial charge in [-0.2, -0.15) is 0 Å². The van der Waals surface area contributed by atoms with Crippen LogP contribution in [0.3, 0.4) is 0 Å². The first kappa shape index (κ1) is 11.7. The van der Waals surface area contributed by atoms with Gasteiger partial charge < -0.3 is 14.0 Å². The van der Waals surface area contributed by atoms with Crippen molar-refractivity contribution in [3.8, 4) is 0 Å². The Morgan fingerprint density at radius 3 is 1.12 bits per heavy atom. The predicted octanol–water partition coefficient (Wildman–Crippen LogP) is -0.738. The van der Waals surface area contributed by atoms with Crippen molar-refractivity contribution in [3.05, 3.63) is 0 Å². The fourth-order valence-corrected chi connectivity index (χ4v) is 0.289. The molecule has 0 atom stereocenters. The zero-order valence-corrected chi connectivity index (χ0v) is 4.80. The van der Waals surface area contributed by atoms with Gasteiger partial charge in [0.2, 0.25) is 0 Å². The van der Waals surface area contributed by atoms with E-state index in [9.17, 15) is 0 Å². The molecule has 0 rings (SSSR count). The molecule has 0 aromatic rings. The van der Waals surface area contributed by atoms with E-state index in [1.54, 1.807) is 0 Å². The van der Waals surface area contributed by atoms with Crippen molar-refractivity contribution in [1.82, 2.24) is 0 Å². The molecule has 0 N–H and O–H groups in total. The Balaban J connectivity index is 0. The monoisotopic (exact) mass is 128 g/mol. The van der Waals surface area contributed by atoms with Crippen molar-refractivity contribution in [2.75, 3.05) is 21.3 Å². The Kier molecular flexibility index (Phi) is 11.6. The average molecular weight is 128 g/mol. The van der Waals surface area contributed by atoms with E-state index in [2.05, 4.69) is 14.0 Å². The first-order valence-electron chi connectivity index (χ1n) is 1.93. The molecule has 0 aromatic carbocycles. The summed E-state index contributed by atoms with van der Waals surface area (Å²) in [5.74, 6) is 0. The molecule has 0 saturated heterocycles. The van der Waals surface area contributed by atoms with E-state index in [1.165, 1.54) is 21.3 Å². The Bertz CT molecular complexity index is 36.0. The third-order valence-electron chi connectivity index (χ3n) is 0.577. The molecule has 0 unspecified atom stereocenters. The van der Waals surface area contributed by atoms with E-state index in [0.29, 0.717) is 0 Å². The Morgan fingerprint density at radius 2 is 1.12 bits per heavy atom. The molecule has 0 saturated carbocycles. The third-order valence-corrected chi connectivity index (χ3v) is 0.577. The van der Waals surface area contributed by atoms with E-state index in [1.807, 2.05) is 0 Å². The first-order chi connectivity index (χ1) is 3.35. The minimum atomic E-state index is -0.514. The molecule has 5 heteroatoms.